The monoisotopic (exact) mass is 317 g/mol. The first-order chi connectivity index (χ1) is 10.7. The highest BCUT2D eigenvalue weighted by Gasteiger charge is 2.02. The van der Waals surface area contributed by atoms with Gasteiger partial charge in [-0.25, -0.2) is 5.43 Å². The molecule has 0 fully saturated rings. The molecule has 0 radical (unpaired) electrons. The predicted molar refractivity (Wildman–Crippen MR) is 90.8 cm³/mol. The predicted octanol–water partition coefficient (Wildman–Crippen LogP) is 3.10. The lowest BCUT2D eigenvalue weighted by Crippen LogP contribution is -2.26. The van der Waals surface area contributed by atoms with E-state index in [2.05, 4.69) is 15.8 Å². The minimum Gasteiger partial charge on any atom is -0.494 e. The summed E-state index contributed by atoms with van der Waals surface area (Å²) in [6.07, 6.45) is 0. The van der Waals surface area contributed by atoms with Crippen LogP contribution in [0.3, 0.4) is 0 Å². The van der Waals surface area contributed by atoms with Gasteiger partial charge in [0.25, 0.3) is 5.91 Å². The van der Waals surface area contributed by atoms with E-state index in [-0.39, 0.29) is 12.5 Å². The number of benzene rings is 1. The third-order valence-electron chi connectivity index (χ3n) is 2.84. The number of nitrogens with zero attached hydrogens (tertiary/aromatic N) is 1. The van der Waals surface area contributed by atoms with Crippen molar-refractivity contribution < 1.29 is 9.53 Å². The lowest BCUT2D eigenvalue weighted by atomic mass is 10.3. The summed E-state index contributed by atoms with van der Waals surface area (Å²) >= 11 is 1.59. The summed E-state index contributed by atoms with van der Waals surface area (Å²) in [4.78, 5) is 12.8. The summed E-state index contributed by atoms with van der Waals surface area (Å²) in [5, 5.41) is 9.10. The van der Waals surface area contributed by atoms with Gasteiger partial charge in [0, 0.05) is 10.6 Å². The van der Waals surface area contributed by atoms with Gasteiger partial charge in [0.05, 0.1) is 18.9 Å². The summed E-state index contributed by atoms with van der Waals surface area (Å²) in [7, 11) is 0. The van der Waals surface area contributed by atoms with Gasteiger partial charge < -0.3 is 10.1 Å². The number of nitrogens with one attached hydrogen (secondary N) is 2. The topological polar surface area (TPSA) is 62.7 Å². The largest absolute Gasteiger partial charge is 0.494 e. The van der Waals surface area contributed by atoms with Crippen LogP contribution in [0.1, 0.15) is 18.7 Å². The number of amides is 1. The van der Waals surface area contributed by atoms with Gasteiger partial charge in [-0.15, -0.1) is 11.3 Å². The number of ether oxygens (including phenoxy) is 1. The Balaban J connectivity index is 1.79. The molecule has 2 aromatic rings. The van der Waals surface area contributed by atoms with Gasteiger partial charge in [0.15, 0.2) is 0 Å². The standard InChI is InChI=1S/C16H19N3O2S/c1-3-21-14-8-6-13(7-9-14)17-11-16(20)19-18-12(2)15-5-4-10-22-15/h4-10,17H,3,11H2,1-2H3,(H,19,20)/b18-12+. The highest BCUT2D eigenvalue weighted by atomic mass is 32.1. The van der Waals surface area contributed by atoms with Crippen molar-refractivity contribution in [3.05, 3.63) is 46.7 Å². The molecule has 116 valence electrons. The lowest BCUT2D eigenvalue weighted by Gasteiger charge is -2.07. The van der Waals surface area contributed by atoms with Crippen LogP contribution >= 0.6 is 11.3 Å². The molecule has 1 heterocycles. The second-order valence-electron chi connectivity index (χ2n) is 4.52. The molecule has 0 unspecified atom stereocenters. The van der Waals surface area contributed by atoms with Crippen LogP contribution in [-0.4, -0.2) is 24.8 Å². The van der Waals surface area contributed by atoms with Crippen molar-refractivity contribution >= 4 is 28.6 Å². The van der Waals surface area contributed by atoms with Crippen molar-refractivity contribution in [2.45, 2.75) is 13.8 Å². The second-order valence-corrected chi connectivity index (χ2v) is 5.47. The number of thiophene rings is 1. The van der Waals surface area contributed by atoms with E-state index in [9.17, 15) is 4.79 Å². The van der Waals surface area contributed by atoms with Gasteiger partial charge in [-0.2, -0.15) is 5.10 Å². The fourth-order valence-electron chi connectivity index (χ4n) is 1.74. The van der Waals surface area contributed by atoms with E-state index in [1.165, 1.54) is 0 Å². The van der Waals surface area contributed by atoms with Crippen LogP contribution in [0.5, 0.6) is 5.75 Å². The summed E-state index contributed by atoms with van der Waals surface area (Å²) in [5.41, 5.74) is 4.20. The summed E-state index contributed by atoms with van der Waals surface area (Å²) in [6.45, 7) is 4.60. The van der Waals surface area contributed by atoms with Crippen LogP contribution in [0.25, 0.3) is 0 Å². The maximum absolute atomic E-state index is 11.8. The molecule has 0 aliphatic heterocycles. The minimum absolute atomic E-state index is 0.162. The van der Waals surface area contributed by atoms with E-state index >= 15 is 0 Å². The molecular formula is C16H19N3O2S. The van der Waals surface area contributed by atoms with Crippen molar-refractivity contribution in [1.82, 2.24) is 5.43 Å². The SMILES string of the molecule is CCOc1ccc(NCC(=O)N/N=C(\C)c2cccs2)cc1. The molecule has 0 saturated heterocycles. The van der Waals surface area contributed by atoms with E-state index in [1.54, 1.807) is 11.3 Å². The fourth-order valence-corrected chi connectivity index (χ4v) is 2.42. The first-order valence-electron chi connectivity index (χ1n) is 7.02. The van der Waals surface area contributed by atoms with E-state index in [4.69, 9.17) is 4.74 Å². The number of carbonyl (C=O) groups excluding carboxylic acids is 1. The third-order valence-corrected chi connectivity index (χ3v) is 3.82. The van der Waals surface area contributed by atoms with Crippen LogP contribution in [0.15, 0.2) is 46.9 Å². The molecule has 0 saturated carbocycles. The van der Waals surface area contributed by atoms with Crippen molar-refractivity contribution in [3.63, 3.8) is 0 Å². The molecule has 0 atom stereocenters. The number of hydrogen-bond acceptors (Lipinski definition) is 5. The van der Waals surface area contributed by atoms with E-state index in [0.717, 1.165) is 22.0 Å². The number of rotatable bonds is 7. The van der Waals surface area contributed by atoms with Crippen molar-refractivity contribution in [2.75, 3.05) is 18.5 Å². The van der Waals surface area contributed by atoms with Gasteiger partial charge in [-0.05, 0) is 49.6 Å². The van der Waals surface area contributed by atoms with Crippen LogP contribution < -0.4 is 15.5 Å². The smallest absolute Gasteiger partial charge is 0.259 e. The van der Waals surface area contributed by atoms with Gasteiger partial charge in [-0.3, -0.25) is 4.79 Å². The molecule has 1 aromatic heterocycles. The van der Waals surface area contributed by atoms with Gasteiger partial charge in [0.2, 0.25) is 0 Å². The zero-order valence-corrected chi connectivity index (χ0v) is 13.4. The quantitative estimate of drug-likeness (QED) is 0.609. The molecule has 1 amide bonds. The minimum atomic E-state index is -0.190. The maximum Gasteiger partial charge on any atom is 0.259 e. The number of hydrogen-bond donors (Lipinski definition) is 2. The molecule has 0 spiro atoms. The first-order valence-corrected chi connectivity index (χ1v) is 7.90. The Morgan fingerprint density at radius 2 is 2.05 bits per heavy atom. The highest BCUT2D eigenvalue weighted by molar-refractivity contribution is 7.12. The van der Waals surface area contributed by atoms with Crippen molar-refractivity contribution in [2.24, 2.45) is 5.10 Å². The van der Waals surface area contributed by atoms with E-state index < -0.39 is 0 Å². The Morgan fingerprint density at radius 1 is 1.27 bits per heavy atom. The molecular weight excluding hydrogens is 298 g/mol. The number of carbonyl (C=O) groups is 1. The average molecular weight is 317 g/mol. The summed E-state index contributed by atoms with van der Waals surface area (Å²) in [6, 6.07) is 11.4. The zero-order valence-electron chi connectivity index (χ0n) is 12.6. The highest BCUT2D eigenvalue weighted by Crippen LogP contribution is 2.15. The third kappa shape index (κ3) is 4.89. The molecule has 6 heteroatoms. The van der Waals surface area contributed by atoms with Crippen molar-refractivity contribution in [3.8, 4) is 5.75 Å². The van der Waals surface area contributed by atoms with Crippen LogP contribution in [0.2, 0.25) is 0 Å². The Kier molecular flexibility index (Phi) is 5.97. The van der Waals surface area contributed by atoms with E-state index in [0.29, 0.717) is 6.61 Å². The number of hydrazone groups is 1. The molecule has 5 nitrogen and oxygen atoms in total. The Hall–Kier alpha value is -2.34. The van der Waals surface area contributed by atoms with Gasteiger partial charge >= 0.3 is 0 Å². The maximum atomic E-state index is 11.8. The molecule has 22 heavy (non-hydrogen) atoms. The summed E-state index contributed by atoms with van der Waals surface area (Å²) in [5.74, 6) is 0.624. The van der Waals surface area contributed by atoms with Gasteiger partial charge in [-0.1, -0.05) is 6.07 Å². The lowest BCUT2D eigenvalue weighted by molar-refractivity contribution is -0.119. The van der Waals surface area contributed by atoms with Crippen molar-refractivity contribution in [1.29, 1.82) is 0 Å². The van der Waals surface area contributed by atoms with Gasteiger partial charge in [0.1, 0.15) is 5.75 Å². The molecule has 2 rings (SSSR count). The fraction of sp³-hybridized carbons (Fsp3) is 0.250. The first kappa shape index (κ1) is 16.0. The molecule has 0 aliphatic rings. The molecule has 0 bridgehead atoms. The van der Waals surface area contributed by atoms with Crippen LogP contribution in [0.4, 0.5) is 5.69 Å². The van der Waals surface area contributed by atoms with Crippen LogP contribution in [0, 0.1) is 0 Å². The second kappa shape index (κ2) is 8.19. The molecule has 0 aliphatic carbocycles. The van der Waals surface area contributed by atoms with E-state index in [1.807, 2.05) is 55.6 Å². The normalized spacial score (nSPS) is 11.1. The van der Waals surface area contributed by atoms with Crippen LogP contribution in [-0.2, 0) is 4.79 Å². The summed E-state index contributed by atoms with van der Waals surface area (Å²) < 4.78 is 5.36. The number of anilines is 1. The Bertz CT molecular complexity index is 621. The zero-order chi connectivity index (χ0) is 15.8. The average Bonchev–Trinajstić information content (AvgIpc) is 3.07. The Labute approximate surface area is 134 Å². The Morgan fingerprint density at radius 3 is 2.68 bits per heavy atom. The molecule has 1 aromatic carbocycles. The molecule has 2 N–H and O–H groups in total.